The topological polar surface area (TPSA) is 26.0 Å². The summed E-state index contributed by atoms with van der Waals surface area (Å²) in [6.45, 7) is 3.24. The summed E-state index contributed by atoms with van der Waals surface area (Å²) in [4.78, 5) is 0. The number of halogens is 3. The second-order valence-corrected chi connectivity index (χ2v) is 2.70. The first kappa shape index (κ1) is 11.8. The zero-order chi connectivity index (χ0) is 10.5. The van der Waals surface area contributed by atoms with Crippen molar-refractivity contribution < 1.29 is 13.2 Å². The first-order valence-corrected chi connectivity index (χ1v) is 3.68. The minimum atomic E-state index is -4.25. The van der Waals surface area contributed by atoms with Gasteiger partial charge in [-0.3, -0.25) is 0 Å². The molecule has 0 atom stereocenters. The number of hydrogen-bond donors (Lipinski definition) is 1. The molecular formula is C9H12F3N. The van der Waals surface area contributed by atoms with Crippen LogP contribution in [0.4, 0.5) is 13.2 Å². The molecule has 0 aromatic heterocycles. The molecule has 0 saturated carbocycles. The van der Waals surface area contributed by atoms with Crippen molar-refractivity contribution in [2.45, 2.75) is 20.0 Å². The standard InChI is InChI=1S/C9H12F3N/c1-7(3-4-8(2)13)5-6-9(10,11)12/h3-6H,13H2,1-2H3/b6-5+,7-3-,8-4+. The van der Waals surface area contributed by atoms with Crippen LogP contribution >= 0.6 is 0 Å². The summed E-state index contributed by atoms with van der Waals surface area (Å²) in [6.07, 6.45) is 0.0160. The number of rotatable bonds is 2. The van der Waals surface area contributed by atoms with Gasteiger partial charge in [0.1, 0.15) is 0 Å². The molecule has 0 unspecified atom stereocenters. The second kappa shape index (κ2) is 4.74. The molecule has 0 amide bonds. The third kappa shape index (κ3) is 8.72. The van der Waals surface area contributed by atoms with E-state index in [0.717, 1.165) is 6.08 Å². The Morgan fingerprint density at radius 3 is 2.08 bits per heavy atom. The van der Waals surface area contributed by atoms with Crippen LogP contribution in [0, 0.1) is 0 Å². The number of hydrogen-bond acceptors (Lipinski definition) is 1. The van der Waals surface area contributed by atoms with Gasteiger partial charge in [-0.15, -0.1) is 0 Å². The molecular weight excluding hydrogens is 179 g/mol. The SMILES string of the molecule is CC(=C/C=C(\C)N)/C=C/C(F)(F)F. The van der Waals surface area contributed by atoms with Crippen LogP contribution < -0.4 is 5.73 Å². The van der Waals surface area contributed by atoms with Gasteiger partial charge in [-0.1, -0.05) is 17.7 Å². The van der Waals surface area contributed by atoms with Crippen LogP contribution in [0.25, 0.3) is 0 Å². The molecule has 0 bridgehead atoms. The maximum Gasteiger partial charge on any atom is 0.409 e. The van der Waals surface area contributed by atoms with Crippen LogP contribution in [-0.4, -0.2) is 6.18 Å². The van der Waals surface area contributed by atoms with Crippen molar-refractivity contribution in [2.75, 3.05) is 0 Å². The summed E-state index contributed by atoms with van der Waals surface area (Å²) in [5, 5.41) is 0. The van der Waals surface area contributed by atoms with Gasteiger partial charge in [0.15, 0.2) is 0 Å². The summed E-state index contributed by atoms with van der Waals surface area (Å²) in [5.41, 5.74) is 6.35. The molecule has 0 aliphatic rings. The Morgan fingerprint density at radius 1 is 1.15 bits per heavy atom. The van der Waals surface area contributed by atoms with E-state index in [0.29, 0.717) is 11.3 Å². The summed E-state index contributed by atoms with van der Waals surface area (Å²) >= 11 is 0. The van der Waals surface area contributed by atoms with Gasteiger partial charge in [0, 0.05) is 11.8 Å². The number of allylic oxidation sites excluding steroid dienone is 6. The van der Waals surface area contributed by atoms with Gasteiger partial charge in [-0.2, -0.15) is 13.2 Å². The van der Waals surface area contributed by atoms with E-state index in [1.807, 2.05) is 0 Å². The van der Waals surface area contributed by atoms with E-state index in [2.05, 4.69) is 0 Å². The van der Waals surface area contributed by atoms with Gasteiger partial charge in [0.05, 0.1) is 0 Å². The maximum atomic E-state index is 11.7. The normalized spacial score (nSPS) is 15.5. The average molecular weight is 191 g/mol. The third-order valence-electron chi connectivity index (χ3n) is 1.14. The van der Waals surface area contributed by atoms with Crippen molar-refractivity contribution in [3.63, 3.8) is 0 Å². The van der Waals surface area contributed by atoms with Crippen molar-refractivity contribution in [1.82, 2.24) is 0 Å². The zero-order valence-electron chi connectivity index (χ0n) is 7.52. The Kier molecular flexibility index (Phi) is 4.31. The van der Waals surface area contributed by atoms with E-state index in [1.54, 1.807) is 19.9 Å². The lowest BCUT2D eigenvalue weighted by molar-refractivity contribution is -0.0798. The lowest BCUT2D eigenvalue weighted by Gasteiger charge is -1.96. The van der Waals surface area contributed by atoms with Crippen LogP contribution in [0.2, 0.25) is 0 Å². The largest absolute Gasteiger partial charge is 0.409 e. The van der Waals surface area contributed by atoms with E-state index in [4.69, 9.17) is 5.73 Å². The van der Waals surface area contributed by atoms with Gasteiger partial charge >= 0.3 is 6.18 Å². The van der Waals surface area contributed by atoms with Crippen LogP contribution in [0.3, 0.4) is 0 Å². The molecule has 2 N–H and O–H groups in total. The number of alkyl halides is 3. The minimum absolute atomic E-state index is 0.193. The van der Waals surface area contributed by atoms with Gasteiger partial charge in [-0.05, 0) is 19.9 Å². The molecule has 0 aliphatic heterocycles. The van der Waals surface area contributed by atoms with E-state index < -0.39 is 6.18 Å². The van der Waals surface area contributed by atoms with E-state index in [1.165, 1.54) is 6.08 Å². The van der Waals surface area contributed by atoms with Crippen molar-refractivity contribution >= 4 is 0 Å². The molecule has 1 nitrogen and oxygen atoms in total. The summed E-state index contributed by atoms with van der Waals surface area (Å²) in [7, 11) is 0. The molecule has 0 rings (SSSR count). The van der Waals surface area contributed by atoms with Crippen LogP contribution in [0.5, 0.6) is 0 Å². The van der Waals surface area contributed by atoms with Crippen LogP contribution in [0.1, 0.15) is 13.8 Å². The predicted octanol–water partition coefficient (Wildman–Crippen LogP) is 2.91. The molecule has 0 radical (unpaired) electrons. The average Bonchev–Trinajstić information content (AvgIpc) is 1.95. The van der Waals surface area contributed by atoms with Gasteiger partial charge in [-0.25, -0.2) is 0 Å². The van der Waals surface area contributed by atoms with Gasteiger partial charge in [0.2, 0.25) is 0 Å². The first-order chi connectivity index (χ1) is 5.81. The quantitative estimate of drug-likeness (QED) is 0.667. The van der Waals surface area contributed by atoms with Crippen molar-refractivity contribution in [2.24, 2.45) is 5.73 Å². The van der Waals surface area contributed by atoms with Crippen LogP contribution in [0.15, 0.2) is 35.6 Å². The molecule has 74 valence electrons. The van der Waals surface area contributed by atoms with Crippen molar-refractivity contribution in [3.8, 4) is 0 Å². The second-order valence-electron chi connectivity index (χ2n) is 2.70. The highest BCUT2D eigenvalue weighted by Gasteiger charge is 2.21. The smallest absolute Gasteiger partial charge is 0.402 e. The fraction of sp³-hybridized carbons (Fsp3) is 0.333. The maximum absolute atomic E-state index is 11.7. The Morgan fingerprint density at radius 2 is 1.69 bits per heavy atom. The van der Waals surface area contributed by atoms with Crippen LogP contribution in [-0.2, 0) is 0 Å². The summed E-state index contributed by atoms with van der Waals surface area (Å²) in [6, 6.07) is 0. The summed E-state index contributed by atoms with van der Waals surface area (Å²) in [5.74, 6) is 0. The monoisotopic (exact) mass is 191 g/mol. The fourth-order valence-electron chi connectivity index (χ4n) is 0.544. The van der Waals surface area contributed by atoms with E-state index in [9.17, 15) is 13.2 Å². The van der Waals surface area contributed by atoms with E-state index >= 15 is 0 Å². The molecule has 4 heteroatoms. The molecule has 13 heavy (non-hydrogen) atoms. The Balaban J connectivity index is 4.31. The van der Waals surface area contributed by atoms with Gasteiger partial charge in [0.25, 0.3) is 0 Å². The molecule has 0 fully saturated rings. The summed E-state index contributed by atoms with van der Waals surface area (Å²) < 4.78 is 35.0. The molecule has 0 saturated heterocycles. The third-order valence-corrected chi connectivity index (χ3v) is 1.14. The fourth-order valence-corrected chi connectivity index (χ4v) is 0.544. The number of nitrogens with two attached hydrogens (primary N) is 1. The highest BCUT2D eigenvalue weighted by atomic mass is 19.4. The lowest BCUT2D eigenvalue weighted by Crippen LogP contribution is -2.00. The van der Waals surface area contributed by atoms with Gasteiger partial charge < -0.3 is 5.73 Å². The highest BCUT2D eigenvalue weighted by Crippen LogP contribution is 2.16. The lowest BCUT2D eigenvalue weighted by atomic mass is 10.2. The zero-order valence-corrected chi connectivity index (χ0v) is 7.52. The van der Waals surface area contributed by atoms with Crippen molar-refractivity contribution in [3.05, 3.63) is 35.6 Å². The highest BCUT2D eigenvalue weighted by molar-refractivity contribution is 5.23. The van der Waals surface area contributed by atoms with E-state index in [-0.39, 0.29) is 6.08 Å². The molecule has 0 aromatic carbocycles. The molecule has 0 aromatic rings. The predicted molar refractivity (Wildman–Crippen MR) is 46.9 cm³/mol. The molecule has 0 aliphatic carbocycles. The van der Waals surface area contributed by atoms with Crippen molar-refractivity contribution in [1.29, 1.82) is 0 Å². The Hall–Kier alpha value is -1.19. The minimum Gasteiger partial charge on any atom is -0.402 e. The Bertz CT molecular complexity index is 242. The first-order valence-electron chi connectivity index (χ1n) is 3.68. The Labute approximate surface area is 75.4 Å². The molecule has 0 spiro atoms. The molecule has 0 heterocycles.